The Labute approximate surface area is 172 Å². The number of urea groups is 1. The lowest BCUT2D eigenvalue weighted by molar-refractivity contribution is -0.942. The van der Waals surface area contributed by atoms with Crippen LogP contribution in [0.15, 0.2) is 0 Å². The van der Waals surface area contributed by atoms with Crippen LogP contribution in [0, 0.1) is 23.7 Å². The number of nitrogens with one attached hydrogen (secondary N) is 1. The first-order valence-electron chi connectivity index (χ1n) is 12.1. The molecule has 0 aromatic heterocycles. The van der Waals surface area contributed by atoms with E-state index in [-0.39, 0.29) is 11.6 Å². The summed E-state index contributed by atoms with van der Waals surface area (Å²) in [6.45, 7) is 1.41. The first kappa shape index (κ1) is 18.3. The summed E-state index contributed by atoms with van der Waals surface area (Å²) >= 11 is 0. The maximum Gasteiger partial charge on any atom is 0.339 e. The molecule has 7 rings (SSSR count). The molecule has 6 nitrogen and oxygen atoms in total. The topological polar surface area (TPSA) is 62.1 Å². The number of carbonyl (C=O) groups excluding carboxylic acids is 3. The predicted molar refractivity (Wildman–Crippen MR) is 106 cm³/mol. The highest BCUT2D eigenvalue weighted by atomic mass is 16.2. The van der Waals surface area contributed by atoms with Gasteiger partial charge < -0.3 is 4.90 Å². The number of nitrogens with zero attached hydrogens (tertiary/aromatic N) is 2. The SMILES string of the molecule is O=C1C(=O)N(C23CC4CC(CC(C4)C2)C3)C(=O)N1C[NH+]1CCC[C@@H]2CCCC[C@@H]21. The summed E-state index contributed by atoms with van der Waals surface area (Å²) in [4.78, 5) is 43.6. The highest BCUT2D eigenvalue weighted by Gasteiger charge is 2.61. The van der Waals surface area contributed by atoms with Crippen LogP contribution in [0.5, 0.6) is 0 Å². The molecule has 7 aliphatic rings. The summed E-state index contributed by atoms with van der Waals surface area (Å²) in [5, 5.41) is 0. The standard InChI is InChI=1S/C23H33N3O3/c27-20-21(28)26(23-11-15-8-16(12-23)10-17(9-15)13-23)22(29)25(20)14-24-7-3-5-18-4-1-2-6-19(18)24/h15-19H,1-14H2/p+1/t15?,16?,17?,18-,19-,23?/m0/s1. The Morgan fingerprint density at radius 3 is 2.14 bits per heavy atom. The Bertz CT molecular complexity index is 712. The number of quaternary nitrogens is 1. The Kier molecular flexibility index (Phi) is 4.13. The molecule has 4 bridgehead atoms. The summed E-state index contributed by atoms with van der Waals surface area (Å²) in [5.74, 6) is 1.56. The van der Waals surface area contributed by atoms with Crippen LogP contribution in [0.3, 0.4) is 0 Å². The Morgan fingerprint density at radius 1 is 0.828 bits per heavy atom. The molecule has 2 aliphatic heterocycles. The van der Waals surface area contributed by atoms with E-state index in [1.807, 2.05) is 0 Å². The number of hydrogen-bond acceptors (Lipinski definition) is 3. The number of carbonyl (C=O) groups is 3. The van der Waals surface area contributed by atoms with Crippen molar-refractivity contribution in [3.8, 4) is 0 Å². The highest BCUT2D eigenvalue weighted by molar-refractivity contribution is 6.44. The minimum Gasteiger partial charge on any atom is -0.315 e. The number of piperidine rings is 1. The second kappa shape index (κ2) is 6.53. The minimum absolute atomic E-state index is 0.299. The van der Waals surface area contributed by atoms with E-state index >= 15 is 0 Å². The van der Waals surface area contributed by atoms with Crippen LogP contribution in [0.2, 0.25) is 0 Å². The molecule has 1 N–H and O–H groups in total. The van der Waals surface area contributed by atoms with Crippen molar-refractivity contribution in [1.29, 1.82) is 0 Å². The second-order valence-corrected chi connectivity index (χ2v) is 11.2. The predicted octanol–water partition coefficient (Wildman–Crippen LogP) is 1.94. The van der Waals surface area contributed by atoms with Crippen LogP contribution < -0.4 is 4.90 Å². The number of likely N-dealkylation sites (tertiary alicyclic amines) is 1. The van der Waals surface area contributed by atoms with Gasteiger partial charge in [-0.3, -0.25) is 9.59 Å². The fourth-order valence-electron chi connectivity index (χ4n) is 8.67. The zero-order chi connectivity index (χ0) is 19.8. The molecule has 2 heterocycles. The summed E-state index contributed by atoms with van der Waals surface area (Å²) in [6.07, 6.45) is 14.1. The van der Waals surface area contributed by atoms with Crippen LogP contribution in [0.1, 0.15) is 77.0 Å². The summed E-state index contributed by atoms with van der Waals surface area (Å²) in [7, 11) is 0. The van der Waals surface area contributed by atoms with E-state index in [0.717, 1.165) is 31.7 Å². The number of fused-ring (bicyclic) bond motifs is 1. The van der Waals surface area contributed by atoms with Gasteiger partial charge in [-0.25, -0.2) is 14.6 Å². The molecule has 0 aromatic rings. The van der Waals surface area contributed by atoms with Gasteiger partial charge in [0.2, 0.25) is 0 Å². The average molecular weight is 401 g/mol. The van der Waals surface area contributed by atoms with E-state index < -0.39 is 11.8 Å². The monoisotopic (exact) mass is 400 g/mol. The summed E-state index contributed by atoms with van der Waals surface area (Å²) in [6, 6.07) is 0.259. The zero-order valence-corrected chi connectivity index (χ0v) is 17.4. The smallest absolute Gasteiger partial charge is 0.315 e. The molecule has 5 aliphatic carbocycles. The van der Waals surface area contributed by atoms with E-state index in [2.05, 4.69) is 0 Å². The Morgan fingerprint density at radius 2 is 1.45 bits per heavy atom. The molecule has 29 heavy (non-hydrogen) atoms. The lowest BCUT2D eigenvalue weighted by atomic mass is 9.52. The molecule has 3 atom stereocenters. The summed E-state index contributed by atoms with van der Waals surface area (Å²) in [5.41, 5.74) is -0.363. The normalized spacial score (nSPS) is 46.6. The molecule has 5 saturated carbocycles. The average Bonchev–Trinajstić information content (AvgIpc) is 2.91. The molecular weight excluding hydrogens is 366 g/mol. The van der Waals surface area contributed by atoms with Gasteiger partial charge in [0.15, 0.2) is 6.67 Å². The Hall–Kier alpha value is -1.43. The van der Waals surface area contributed by atoms with Crippen molar-refractivity contribution in [3.05, 3.63) is 0 Å². The Balaban J connectivity index is 1.24. The quantitative estimate of drug-likeness (QED) is 0.582. The van der Waals surface area contributed by atoms with Gasteiger partial charge >= 0.3 is 17.8 Å². The maximum absolute atomic E-state index is 13.5. The second-order valence-electron chi connectivity index (χ2n) is 11.2. The molecular formula is C23H34N3O3+. The van der Waals surface area contributed by atoms with Gasteiger partial charge in [0.1, 0.15) is 0 Å². The van der Waals surface area contributed by atoms with Crippen molar-refractivity contribution in [3.63, 3.8) is 0 Å². The number of rotatable bonds is 3. The molecule has 6 heteroatoms. The first-order valence-corrected chi connectivity index (χ1v) is 12.1. The molecule has 1 unspecified atom stereocenters. The molecule has 0 spiro atoms. The van der Waals surface area contributed by atoms with Crippen molar-refractivity contribution >= 4 is 17.8 Å². The fourth-order valence-corrected chi connectivity index (χ4v) is 8.67. The van der Waals surface area contributed by atoms with Crippen LogP contribution in [0.25, 0.3) is 0 Å². The molecule has 158 valence electrons. The minimum atomic E-state index is -0.559. The number of hydrogen-bond donors (Lipinski definition) is 1. The van der Waals surface area contributed by atoms with Crippen molar-refractivity contribution in [2.24, 2.45) is 23.7 Å². The van der Waals surface area contributed by atoms with Gasteiger partial charge in [0, 0.05) is 5.92 Å². The lowest BCUT2D eigenvalue weighted by Crippen LogP contribution is -3.19. The third-order valence-corrected chi connectivity index (χ3v) is 9.40. The van der Waals surface area contributed by atoms with Gasteiger partial charge in [-0.1, -0.05) is 6.42 Å². The van der Waals surface area contributed by atoms with Crippen molar-refractivity contribution in [2.75, 3.05) is 13.2 Å². The van der Waals surface area contributed by atoms with Gasteiger partial charge in [-0.15, -0.1) is 0 Å². The largest absolute Gasteiger partial charge is 0.339 e. The van der Waals surface area contributed by atoms with Gasteiger partial charge in [0.25, 0.3) is 0 Å². The van der Waals surface area contributed by atoms with Gasteiger partial charge in [0.05, 0.1) is 18.1 Å². The van der Waals surface area contributed by atoms with Crippen LogP contribution >= 0.6 is 0 Å². The molecule has 0 aromatic carbocycles. The van der Waals surface area contributed by atoms with E-state index in [1.165, 1.54) is 72.5 Å². The number of imide groups is 2. The fraction of sp³-hybridized carbons (Fsp3) is 0.870. The van der Waals surface area contributed by atoms with Crippen molar-refractivity contribution in [1.82, 2.24) is 9.80 Å². The molecule has 2 saturated heterocycles. The molecule has 0 radical (unpaired) electrons. The van der Waals surface area contributed by atoms with E-state index in [4.69, 9.17) is 0 Å². The van der Waals surface area contributed by atoms with Crippen LogP contribution in [0.4, 0.5) is 4.79 Å². The van der Waals surface area contributed by atoms with Gasteiger partial charge in [-0.05, 0) is 88.4 Å². The van der Waals surface area contributed by atoms with E-state index in [9.17, 15) is 14.4 Å². The third kappa shape index (κ3) is 2.74. The number of amides is 4. The van der Waals surface area contributed by atoms with Crippen LogP contribution in [-0.2, 0) is 9.59 Å². The van der Waals surface area contributed by atoms with Crippen molar-refractivity contribution < 1.29 is 19.3 Å². The van der Waals surface area contributed by atoms with Crippen molar-refractivity contribution in [2.45, 2.75) is 88.6 Å². The summed E-state index contributed by atoms with van der Waals surface area (Å²) < 4.78 is 0. The van der Waals surface area contributed by atoms with E-state index in [1.54, 1.807) is 0 Å². The van der Waals surface area contributed by atoms with E-state index in [0.29, 0.717) is 30.5 Å². The van der Waals surface area contributed by atoms with Gasteiger partial charge in [-0.2, -0.15) is 0 Å². The van der Waals surface area contributed by atoms with Crippen LogP contribution in [-0.4, -0.2) is 52.4 Å². The third-order valence-electron chi connectivity index (χ3n) is 9.40. The first-order chi connectivity index (χ1) is 14.0. The molecule has 4 amide bonds. The molecule has 7 fully saturated rings. The lowest BCUT2D eigenvalue weighted by Gasteiger charge is -2.58. The zero-order valence-electron chi connectivity index (χ0n) is 17.4. The maximum atomic E-state index is 13.5. The highest BCUT2D eigenvalue weighted by Crippen LogP contribution is 2.58.